The summed E-state index contributed by atoms with van der Waals surface area (Å²) in [5, 5.41) is 21.0. The van der Waals surface area contributed by atoms with Gasteiger partial charge in [0.05, 0.1) is 4.90 Å². The molecule has 1 saturated heterocycles. The lowest BCUT2D eigenvalue weighted by molar-refractivity contribution is -0.137. The van der Waals surface area contributed by atoms with Crippen molar-refractivity contribution < 1.29 is 28.2 Å². The molecule has 4 rings (SSSR count). The molecule has 1 unspecified atom stereocenters. The molecule has 0 amide bonds. The number of hydrogen-bond donors (Lipinski definition) is 2. The highest BCUT2D eigenvalue weighted by atomic mass is 32.2. The minimum absolute atomic E-state index is 0.0159. The SMILES string of the molecule is Cc1c(C(O)c2ccccc2S(=O)(=O)N2CCCC2)c2c(n1CC(=O)O)CC(C)(C)CC2=O. The number of Topliss-reactive ketones (excluding diaryl/α,β-unsaturated/α-hetero) is 1. The first-order chi connectivity index (χ1) is 15.4. The molecule has 2 heterocycles. The van der Waals surface area contributed by atoms with Crippen LogP contribution in [0.5, 0.6) is 0 Å². The molecule has 1 atom stereocenters. The molecule has 1 aliphatic heterocycles. The van der Waals surface area contributed by atoms with Crippen molar-refractivity contribution in [1.82, 2.24) is 8.87 Å². The number of sulfonamides is 1. The molecule has 0 bridgehead atoms. The first-order valence-corrected chi connectivity index (χ1v) is 12.6. The fraction of sp³-hybridized carbons (Fsp3) is 0.500. The highest BCUT2D eigenvalue weighted by Gasteiger charge is 2.40. The first-order valence-electron chi connectivity index (χ1n) is 11.2. The van der Waals surface area contributed by atoms with Gasteiger partial charge in [-0.05, 0) is 37.7 Å². The van der Waals surface area contributed by atoms with Gasteiger partial charge in [0.25, 0.3) is 0 Å². The summed E-state index contributed by atoms with van der Waals surface area (Å²) in [5.41, 5.74) is 1.54. The van der Waals surface area contributed by atoms with E-state index in [2.05, 4.69) is 0 Å². The summed E-state index contributed by atoms with van der Waals surface area (Å²) in [6, 6.07) is 6.31. The standard InChI is InChI=1S/C24H30N2O6S/c1-15-21(22-17(26(15)14-20(28)29)12-24(2,3)13-18(22)27)23(30)16-8-4-5-9-19(16)33(31,32)25-10-6-7-11-25/h4-5,8-9,23,30H,6-7,10-14H2,1-3H3,(H,28,29). The highest BCUT2D eigenvalue weighted by Crippen LogP contribution is 2.43. The first kappa shape index (κ1) is 23.7. The van der Waals surface area contributed by atoms with E-state index in [1.807, 2.05) is 13.8 Å². The van der Waals surface area contributed by atoms with Crippen LogP contribution < -0.4 is 0 Å². The van der Waals surface area contributed by atoms with Crippen LogP contribution in [0.25, 0.3) is 0 Å². The number of fused-ring (bicyclic) bond motifs is 1. The molecular formula is C24H30N2O6S. The number of benzene rings is 1. The third-order valence-corrected chi connectivity index (χ3v) is 8.68. The molecular weight excluding hydrogens is 444 g/mol. The largest absolute Gasteiger partial charge is 0.480 e. The average molecular weight is 475 g/mol. The molecule has 2 aromatic rings. The zero-order valence-electron chi connectivity index (χ0n) is 19.2. The number of aromatic nitrogens is 1. The maximum atomic E-state index is 13.3. The van der Waals surface area contributed by atoms with E-state index in [1.54, 1.807) is 29.7 Å². The van der Waals surface area contributed by atoms with Crippen molar-refractivity contribution in [2.45, 2.75) is 64.0 Å². The highest BCUT2D eigenvalue weighted by molar-refractivity contribution is 7.89. The quantitative estimate of drug-likeness (QED) is 0.665. The Kier molecular flexibility index (Phi) is 6.01. The van der Waals surface area contributed by atoms with Gasteiger partial charge in [-0.1, -0.05) is 32.0 Å². The molecule has 0 radical (unpaired) electrons. The molecule has 2 N–H and O–H groups in total. The minimum atomic E-state index is -3.81. The third kappa shape index (κ3) is 4.13. The number of carbonyl (C=O) groups is 2. The fourth-order valence-electron chi connectivity index (χ4n) is 5.20. The van der Waals surface area contributed by atoms with E-state index in [0.29, 0.717) is 42.0 Å². The van der Waals surface area contributed by atoms with Gasteiger partial charge in [-0.2, -0.15) is 4.31 Å². The third-order valence-electron chi connectivity index (χ3n) is 6.71. The second-order valence-electron chi connectivity index (χ2n) is 9.79. The Morgan fingerprint density at radius 1 is 1.15 bits per heavy atom. The molecule has 1 aromatic heterocycles. The van der Waals surface area contributed by atoms with Gasteiger partial charge < -0.3 is 14.8 Å². The number of rotatable bonds is 6. The average Bonchev–Trinajstić information content (AvgIpc) is 3.36. The predicted octanol–water partition coefficient (Wildman–Crippen LogP) is 2.90. The molecule has 0 saturated carbocycles. The number of nitrogens with zero attached hydrogens (tertiary/aromatic N) is 2. The Morgan fingerprint density at radius 3 is 2.42 bits per heavy atom. The van der Waals surface area contributed by atoms with Crippen LogP contribution in [0.2, 0.25) is 0 Å². The van der Waals surface area contributed by atoms with Crippen LogP contribution in [-0.4, -0.2) is 52.3 Å². The number of aliphatic carboxylic acids is 1. The lowest BCUT2D eigenvalue weighted by atomic mass is 9.75. The number of carboxylic acid groups (broad SMARTS) is 1. The number of carbonyl (C=O) groups excluding carboxylic acids is 1. The number of hydrogen-bond acceptors (Lipinski definition) is 5. The van der Waals surface area contributed by atoms with E-state index in [-0.39, 0.29) is 34.6 Å². The van der Waals surface area contributed by atoms with Gasteiger partial charge in [0.1, 0.15) is 12.6 Å². The summed E-state index contributed by atoms with van der Waals surface area (Å²) in [5.74, 6) is -1.22. The molecule has 1 aromatic carbocycles. The molecule has 1 aliphatic carbocycles. The molecule has 0 spiro atoms. The maximum absolute atomic E-state index is 13.3. The van der Waals surface area contributed by atoms with Crippen molar-refractivity contribution in [3.8, 4) is 0 Å². The Labute approximate surface area is 193 Å². The second-order valence-corrected chi connectivity index (χ2v) is 11.7. The summed E-state index contributed by atoms with van der Waals surface area (Å²) in [4.78, 5) is 24.8. The van der Waals surface area contributed by atoms with Gasteiger partial charge in [-0.3, -0.25) is 9.59 Å². The van der Waals surface area contributed by atoms with E-state index in [9.17, 15) is 28.2 Å². The predicted molar refractivity (Wildman–Crippen MR) is 122 cm³/mol. The van der Waals surface area contributed by atoms with Crippen LogP contribution >= 0.6 is 0 Å². The van der Waals surface area contributed by atoms with Crippen molar-refractivity contribution >= 4 is 21.8 Å². The monoisotopic (exact) mass is 474 g/mol. The lowest BCUT2D eigenvalue weighted by Gasteiger charge is -2.30. The van der Waals surface area contributed by atoms with E-state index in [0.717, 1.165) is 12.8 Å². The van der Waals surface area contributed by atoms with Crippen molar-refractivity contribution in [2.24, 2.45) is 5.41 Å². The van der Waals surface area contributed by atoms with E-state index in [1.165, 1.54) is 10.4 Å². The van der Waals surface area contributed by atoms with Crippen molar-refractivity contribution in [3.05, 3.63) is 52.3 Å². The van der Waals surface area contributed by atoms with Gasteiger partial charge in [0, 0.05) is 47.6 Å². The van der Waals surface area contributed by atoms with Crippen molar-refractivity contribution in [1.29, 1.82) is 0 Å². The van der Waals surface area contributed by atoms with Gasteiger partial charge in [-0.15, -0.1) is 0 Å². The zero-order chi connectivity index (χ0) is 24.1. The van der Waals surface area contributed by atoms with Crippen LogP contribution in [0.3, 0.4) is 0 Å². The van der Waals surface area contributed by atoms with Crippen LogP contribution in [0.1, 0.15) is 72.1 Å². The molecule has 1 fully saturated rings. The number of ketones is 1. The van der Waals surface area contributed by atoms with E-state index in [4.69, 9.17) is 0 Å². The van der Waals surface area contributed by atoms with Gasteiger partial charge in [0.2, 0.25) is 10.0 Å². The molecule has 178 valence electrons. The fourth-order valence-corrected chi connectivity index (χ4v) is 6.95. The lowest BCUT2D eigenvalue weighted by Crippen LogP contribution is -2.30. The van der Waals surface area contributed by atoms with Gasteiger partial charge >= 0.3 is 5.97 Å². The smallest absolute Gasteiger partial charge is 0.323 e. The number of aliphatic hydroxyl groups excluding tert-OH is 1. The van der Waals surface area contributed by atoms with Crippen LogP contribution in [0.4, 0.5) is 0 Å². The molecule has 33 heavy (non-hydrogen) atoms. The normalized spacial score (nSPS) is 19.5. The summed E-state index contributed by atoms with van der Waals surface area (Å²) < 4.78 is 29.7. The second kappa shape index (κ2) is 8.38. The van der Waals surface area contributed by atoms with Crippen molar-refractivity contribution in [3.63, 3.8) is 0 Å². The zero-order valence-corrected chi connectivity index (χ0v) is 20.0. The topological polar surface area (TPSA) is 117 Å². The van der Waals surface area contributed by atoms with Crippen LogP contribution in [0.15, 0.2) is 29.2 Å². The molecule has 8 nitrogen and oxygen atoms in total. The van der Waals surface area contributed by atoms with E-state index >= 15 is 0 Å². The Hall–Kier alpha value is -2.49. The van der Waals surface area contributed by atoms with E-state index < -0.39 is 22.1 Å². The van der Waals surface area contributed by atoms with Crippen LogP contribution in [-0.2, 0) is 27.8 Å². The molecule has 9 heteroatoms. The number of aliphatic hydroxyl groups is 1. The van der Waals surface area contributed by atoms with Gasteiger partial charge in [0.15, 0.2) is 5.78 Å². The van der Waals surface area contributed by atoms with Crippen LogP contribution in [0, 0.1) is 12.3 Å². The summed E-state index contributed by atoms with van der Waals surface area (Å²) >= 11 is 0. The summed E-state index contributed by atoms with van der Waals surface area (Å²) in [6.45, 7) is 6.12. The van der Waals surface area contributed by atoms with Gasteiger partial charge in [-0.25, -0.2) is 8.42 Å². The maximum Gasteiger partial charge on any atom is 0.323 e. The Balaban J connectivity index is 1.89. The number of carboxylic acids is 1. The Morgan fingerprint density at radius 2 is 1.79 bits per heavy atom. The summed E-state index contributed by atoms with van der Waals surface area (Å²) in [6.07, 6.45) is 0.956. The minimum Gasteiger partial charge on any atom is -0.480 e. The van der Waals surface area contributed by atoms with Crippen molar-refractivity contribution in [2.75, 3.05) is 13.1 Å². The Bertz CT molecular complexity index is 1220. The summed E-state index contributed by atoms with van der Waals surface area (Å²) in [7, 11) is -3.81. The molecule has 2 aliphatic rings.